The van der Waals surface area contributed by atoms with Crippen LogP contribution >= 0.6 is 23.2 Å². The number of anilines is 2. The van der Waals surface area contributed by atoms with E-state index in [2.05, 4.69) is 67.8 Å². The van der Waals surface area contributed by atoms with Crippen molar-refractivity contribution < 1.29 is 64.3 Å². The third-order valence-electron chi connectivity index (χ3n) is 23.2. The van der Waals surface area contributed by atoms with Crippen LogP contribution in [0.2, 0.25) is 10.0 Å². The molecule has 0 aromatic heterocycles. The van der Waals surface area contributed by atoms with Crippen LogP contribution in [0, 0.1) is 23.7 Å². The molecule has 2 N–H and O–H groups in total. The third-order valence-corrected chi connectivity index (χ3v) is 27.5. The molecule has 6 aliphatic heterocycles. The van der Waals surface area contributed by atoms with Crippen LogP contribution in [0.5, 0.6) is 11.5 Å². The number of rotatable bonds is 12. The molecule has 22 heteroatoms. The first kappa shape index (κ1) is 73.1. The van der Waals surface area contributed by atoms with E-state index in [-0.39, 0.29) is 35.6 Å². The molecule has 6 heterocycles. The average Bonchev–Trinajstić information content (AvgIpc) is 1.59. The molecule has 18 nitrogen and oxygen atoms in total. The van der Waals surface area contributed by atoms with Crippen molar-refractivity contribution in [2.24, 2.45) is 23.7 Å². The van der Waals surface area contributed by atoms with Gasteiger partial charge in [-0.2, -0.15) is 0 Å². The Kier molecular flexibility index (Phi) is 24.0. The molecule has 4 aromatic rings. The Morgan fingerprint density at radius 2 is 0.960 bits per heavy atom. The molecule has 2 spiro atoms. The first-order valence-electron chi connectivity index (χ1n) is 37.3. The van der Waals surface area contributed by atoms with Gasteiger partial charge in [-0.3, -0.25) is 9.59 Å². The quantitative estimate of drug-likeness (QED) is 0.0999. The van der Waals surface area contributed by atoms with Crippen molar-refractivity contribution in [2.45, 2.75) is 201 Å². The molecule has 4 fully saturated rings. The monoisotopic (exact) mass is 1450 g/mol. The summed E-state index contributed by atoms with van der Waals surface area (Å²) in [5.74, 6) is 1.51. The Labute approximate surface area is 602 Å². The lowest BCUT2D eigenvalue weighted by Gasteiger charge is -2.46. The molecule has 2 amide bonds. The van der Waals surface area contributed by atoms with Gasteiger partial charge in [-0.15, -0.1) is 0 Å². The number of nitrogens with one attached hydrogen (secondary N) is 2. The lowest BCUT2D eigenvalue weighted by Crippen LogP contribution is -2.49. The predicted molar refractivity (Wildman–Crippen MR) is 389 cm³/mol. The van der Waals surface area contributed by atoms with Crippen LogP contribution in [0.15, 0.2) is 97.1 Å². The zero-order valence-electron chi connectivity index (χ0n) is 58.2. The molecule has 544 valence electrons. The minimum atomic E-state index is -3.90. The van der Waals surface area contributed by atoms with Gasteiger partial charge in [0.25, 0.3) is 11.8 Å². The molecule has 10 aliphatic rings. The summed E-state index contributed by atoms with van der Waals surface area (Å²) in [5, 5.41) is 0.105. The van der Waals surface area contributed by atoms with Crippen LogP contribution in [0.4, 0.5) is 11.4 Å². The summed E-state index contributed by atoms with van der Waals surface area (Å²) in [6.45, 7) is 11.0. The summed E-state index contributed by atoms with van der Waals surface area (Å²) >= 11 is 12.9. The van der Waals surface area contributed by atoms with Crippen molar-refractivity contribution in [1.82, 2.24) is 9.44 Å². The van der Waals surface area contributed by atoms with Crippen LogP contribution < -0.4 is 28.7 Å². The van der Waals surface area contributed by atoms with Gasteiger partial charge in [0.1, 0.15) is 11.5 Å². The summed E-state index contributed by atoms with van der Waals surface area (Å²) in [5.41, 5.74) is 6.84. The standard InChI is InChI=1S/2C39H51ClN2O7S/c2*1-2-31-9-3-4-10-35(46-20-21-48-37-11-5-6-19-47-37)32-15-12-29(32)24-42-25-39(18-7-8-27-22-30(40)14-16-33(27)39)26-49-36-17-13-28(23-34(36)42)38(43)41-50(31,44)45/h2*4,10,13-14,16-17,22-23,29,31-32,35,37H,2-3,5-9,11-12,15,18-21,24-26H2,1H3,(H,41,43)/b2*10-4+/t29-,31+,32+,35-,37+,39-;29-,31+,32+,35-,37-,39-/m00/s1. The van der Waals surface area contributed by atoms with E-state index in [1.807, 2.05) is 50.2 Å². The SMILES string of the molecule is CC[C@@H]1CC/C=C/[C@H](OCCO[C@@H]2CCCCO2)[C@@H]2CC[C@H]2CN2C[C@@]3(CCCc4cc(Cl)ccc43)COc3ccc(cc32)C(=O)NS1(=O)=O.CC[C@@H]1CC/C=C/[C@H](OCCO[C@H]2CCCCO2)[C@@H]2CC[C@H]2CN2C[C@@]3(CCCc4cc(Cl)ccc43)COc3ccc(cc32)C(=O)NS1(=O)=O. The Balaban J connectivity index is 0.000000179. The normalized spacial score (nSPS) is 31.7. The van der Waals surface area contributed by atoms with E-state index >= 15 is 0 Å². The van der Waals surface area contributed by atoms with Gasteiger partial charge in [0, 0.05) is 71.4 Å². The van der Waals surface area contributed by atoms with E-state index in [0.29, 0.717) is 124 Å². The third kappa shape index (κ3) is 16.9. The number of fused-ring (bicyclic) bond motifs is 8. The average molecular weight is 1450 g/mol. The summed E-state index contributed by atoms with van der Waals surface area (Å²) in [7, 11) is -7.80. The van der Waals surface area contributed by atoms with Crippen molar-refractivity contribution in [3.8, 4) is 11.5 Å². The number of carbonyl (C=O) groups is 2. The fourth-order valence-corrected chi connectivity index (χ4v) is 20.6. The predicted octanol–water partition coefficient (Wildman–Crippen LogP) is 13.9. The minimum Gasteiger partial charge on any atom is -0.490 e. The van der Waals surface area contributed by atoms with Crippen molar-refractivity contribution in [3.63, 3.8) is 0 Å². The van der Waals surface area contributed by atoms with Crippen LogP contribution in [0.3, 0.4) is 0 Å². The Morgan fingerprint density at radius 3 is 1.36 bits per heavy atom. The molecule has 2 saturated carbocycles. The first-order chi connectivity index (χ1) is 48.5. The highest BCUT2D eigenvalue weighted by Crippen LogP contribution is 2.50. The molecule has 0 radical (unpaired) electrons. The van der Waals surface area contributed by atoms with Gasteiger partial charge in [-0.1, -0.05) is 73.5 Å². The lowest BCUT2D eigenvalue weighted by atomic mass is 9.68. The van der Waals surface area contributed by atoms with Crippen LogP contribution in [-0.4, -0.2) is 143 Å². The van der Waals surface area contributed by atoms with Gasteiger partial charge < -0.3 is 47.7 Å². The fourth-order valence-electron chi connectivity index (χ4n) is 17.4. The number of allylic oxidation sites excluding steroid dienone is 2. The molecule has 100 heavy (non-hydrogen) atoms. The first-order valence-corrected chi connectivity index (χ1v) is 41.1. The Bertz CT molecular complexity index is 3570. The zero-order chi connectivity index (χ0) is 69.4. The Morgan fingerprint density at radius 1 is 0.520 bits per heavy atom. The summed E-state index contributed by atoms with van der Waals surface area (Å²) < 4.78 is 108. The Hall–Kier alpha value is -5.26. The van der Waals surface area contributed by atoms with Gasteiger partial charge in [-0.05, 0) is 248 Å². The number of carbonyl (C=O) groups excluding carboxylic acids is 2. The van der Waals surface area contributed by atoms with E-state index in [9.17, 15) is 26.4 Å². The summed E-state index contributed by atoms with van der Waals surface area (Å²) in [4.78, 5) is 31.9. The molecule has 4 bridgehead atoms. The van der Waals surface area contributed by atoms with Crippen molar-refractivity contribution in [2.75, 3.05) is 88.8 Å². The number of benzene rings is 4. The maximum Gasteiger partial charge on any atom is 0.264 e. The second-order valence-corrected chi connectivity index (χ2v) is 34.4. The molecule has 14 rings (SSSR count). The van der Waals surface area contributed by atoms with E-state index in [0.717, 1.165) is 164 Å². The van der Waals surface area contributed by atoms with Crippen LogP contribution in [0.1, 0.15) is 185 Å². The smallest absolute Gasteiger partial charge is 0.264 e. The van der Waals surface area contributed by atoms with Crippen molar-refractivity contribution >= 4 is 66.4 Å². The summed E-state index contributed by atoms with van der Waals surface area (Å²) in [6.07, 6.45) is 27.1. The molecule has 4 aliphatic carbocycles. The number of nitrogens with zero attached hydrogens (tertiary/aromatic N) is 2. The van der Waals surface area contributed by atoms with Gasteiger partial charge in [-0.25, -0.2) is 26.3 Å². The summed E-state index contributed by atoms with van der Waals surface area (Å²) in [6, 6.07) is 23.1. The fraction of sp³-hybridized carbons (Fsp3) is 0.615. The van der Waals surface area contributed by atoms with Crippen LogP contribution in [-0.2, 0) is 72.1 Å². The van der Waals surface area contributed by atoms with Crippen LogP contribution in [0.25, 0.3) is 0 Å². The number of sulfonamides is 2. The molecular formula is C78H102Cl2N4O14S2. The van der Waals surface area contributed by atoms with Gasteiger partial charge >= 0.3 is 0 Å². The van der Waals surface area contributed by atoms with E-state index in [1.165, 1.54) is 22.3 Å². The molecule has 2 saturated heterocycles. The maximum atomic E-state index is 13.5. The number of hydrogen-bond acceptors (Lipinski definition) is 16. The maximum absolute atomic E-state index is 13.5. The number of amides is 2. The molecular weight excluding hydrogens is 1350 g/mol. The number of halogens is 2. The topological polar surface area (TPSA) is 207 Å². The molecule has 12 atom stereocenters. The van der Waals surface area contributed by atoms with E-state index in [4.69, 9.17) is 61.1 Å². The highest BCUT2D eigenvalue weighted by molar-refractivity contribution is 7.91. The number of hydrogen-bond donors (Lipinski definition) is 2. The minimum absolute atomic E-state index is 0.116. The lowest BCUT2D eigenvalue weighted by molar-refractivity contribution is -0.172. The highest BCUT2D eigenvalue weighted by atomic mass is 35.5. The van der Waals surface area contributed by atoms with Crippen molar-refractivity contribution in [1.29, 1.82) is 0 Å². The molecule has 0 unspecified atom stereocenters. The second-order valence-electron chi connectivity index (χ2n) is 29.6. The van der Waals surface area contributed by atoms with Gasteiger partial charge in [0.15, 0.2) is 12.6 Å². The highest BCUT2D eigenvalue weighted by Gasteiger charge is 2.47. The van der Waals surface area contributed by atoms with E-state index in [1.54, 1.807) is 12.1 Å². The van der Waals surface area contributed by atoms with Gasteiger partial charge in [0.05, 0.1) is 73.7 Å². The van der Waals surface area contributed by atoms with E-state index < -0.39 is 42.4 Å². The number of aryl methyl sites for hydroxylation is 2. The second kappa shape index (κ2) is 32.8. The zero-order valence-corrected chi connectivity index (χ0v) is 61.4. The largest absolute Gasteiger partial charge is 0.490 e. The van der Waals surface area contributed by atoms with Gasteiger partial charge in [0.2, 0.25) is 20.0 Å². The molecule has 4 aromatic carbocycles. The number of ether oxygens (including phenoxy) is 8. The van der Waals surface area contributed by atoms with Crippen molar-refractivity contribution in [3.05, 3.63) is 141 Å².